The molecular formula is C16H25N3O2. The van der Waals surface area contributed by atoms with Crippen molar-refractivity contribution in [2.75, 3.05) is 33.3 Å². The Labute approximate surface area is 126 Å². The molecule has 1 N–H and O–H groups in total. The summed E-state index contributed by atoms with van der Waals surface area (Å²) in [5.74, 6) is 0.290. The van der Waals surface area contributed by atoms with E-state index in [9.17, 15) is 4.79 Å². The van der Waals surface area contributed by atoms with E-state index in [-0.39, 0.29) is 5.97 Å². The van der Waals surface area contributed by atoms with E-state index in [1.165, 1.54) is 39.6 Å². The third-order valence-electron chi connectivity index (χ3n) is 3.81. The normalized spacial score (nSPS) is 16.9. The van der Waals surface area contributed by atoms with E-state index >= 15 is 0 Å². The molecule has 116 valence electrons. The lowest BCUT2D eigenvalue weighted by Crippen LogP contribution is -2.31. The Bertz CT molecular complexity index is 441. The van der Waals surface area contributed by atoms with Crippen LogP contribution in [0.15, 0.2) is 18.3 Å². The highest BCUT2D eigenvalue weighted by Gasteiger charge is 2.14. The van der Waals surface area contributed by atoms with Crippen molar-refractivity contribution in [1.29, 1.82) is 0 Å². The number of methoxy groups -OCH3 is 1. The SMILES string of the molecule is COC(=O)c1ccc(CNCC(C)CN2CCCC2)nc1. The molecule has 0 saturated carbocycles. The van der Waals surface area contributed by atoms with Gasteiger partial charge in [-0.25, -0.2) is 4.79 Å². The van der Waals surface area contributed by atoms with Gasteiger partial charge in [-0.15, -0.1) is 0 Å². The van der Waals surface area contributed by atoms with E-state index in [2.05, 4.69) is 26.9 Å². The predicted octanol–water partition coefficient (Wildman–Crippen LogP) is 1.69. The van der Waals surface area contributed by atoms with Gasteiger partial charge in [-0.05, 0) is 50.5 Å². The highest BCUT2D eigenvalue weighted by Crippen LogP contribution is 2.10. The van der Waals surface area contributed by atoms with Gasteiger partial charge in [-0.2, -0.15) is 0 Å². The maximum atomic E-state index is 11.3. The van der Waals surface area contributed by atoms with Gasteiger partial charge in [0.25, 0.3) is 0 Å². The van der Waals surface area contributed by atoms with Crippen molar-refractivity contribution in [3.63, 3.8) is 0 Å². The molecule has 1 unspecified atom stereocenters. The molecule has 0 amide bonds. The van der Waals surface area contributed by atoms with Gasteiger partial charge < -0.3 is 15.0 Å². The van der Waals surface area contributed by atoms with Gasteiger partial charge in [0, 0.05) is 19.3 Å². The molecule has 0 spiro atoms. The largest absolute Gasteiger partial charge is 0.465 e. The molecule has 1 aliphatic heterocycles. The summed E-state index contributed by atoms with van der Waals surface area (Å²) < 4.78 is 4.65. The Morgan fingerprint density at radius 3 is 2.81 bits per heavy atom. The predicted molar refractivity (Wildman–Crippen MR) is 82.1 cm³/mol. The number of likely N-dealkylation sites (tertiary alicyclic amines) is 1. The van der Waals surface area contributed by atoms with Crippen molar-refractivity contribution >= 4 is 5.97 Å². The van der Waals surface area contributed by atoms with Gasteiger partial charge >= 0.3 is 5.97 Å². The third kappa shape index (κ3) is 5.10. The summed E-state index contributed by atoms with van der Waals surface area (Å²) >= 11 is 0. The molecule has 1 fully saturated rings. The second-order valence-corrected chi connectivity index (χ2v) is 5.77. The third-order valence-corrected chi connectivity index (χ3v) is 3.81. The first-order chi connectivity index (χ1) is 10.2. The summed E-state index contributed by atoms with van der Waals surface area (Å²) in [5.41, 5.74) is 1.43. The van der Waals surface area contributed by atoms with Crippen LogP contribution in [0.25, 0.3) is 0 Å². The van der Waals surface area contributed by atoms with E-state index < -0.39 is 0 Å². The molecule has 1 aromatic rings. The summed E-state index contributed by atoms with van der Waals surface area (Å²) in [6.07, 6.45) is 4.25. The number of ether oxygens (including phenoxy) is 1. The quantitative estimate of drug-likeness (QED) is 0.775. The van der Waals surface area contributed by atoms with Crippen molar-refractivity contribution in [2.45, 2.75) is 26.3 Å². The molecule has 0 bridgehead atoms. The van der Waals surface area contributed by atoms with E-state index in [0.717, 1.165) is 18.8 Å². The van der Waals surface area contributed by atoms with Gasteiger partial charge in [0.05, 0.1) is 18.4 Å². The smallest absolute Gasteiger partial charge is 0.339 e. The number of nitrogens with one attached hydrogen (secondary N) is 1. The number of nitrogens with zero attached hydrogens (tertiary/aromatic N) is 2. The van der Waals surface area contributed by atoms with Crippen LogP contribution >= 0.6 is 0 Å². The first kappa shape index (κ1) is 15.9. The first-order valence-electron chi connectivity index (χ1n) is 7.65. The Morgan fingerprint density at radius 1 is 1.43 bits per heavy atom. The zero-order chi connectivity index (χ0) is 15.1. The number of hydrogen-bond donors (Lipinski definition) is 1. The second-order valence-electron chi connectivity index (χ2n) is 5.77. The fourth-order valence-corrected chi connectivity index (χ4v) is 2.68. The summed E-state index contributed by atoms with van der Waals surface area (Å²) in [7, 11) is 1.37. The number of aromatic nitrogens is 1. The summed E-state index contributed by atoms with van der Waals surface area (Å²) in [5, 5.41) is 3.43. The van der Waals surface area contributed by atoms with E-state index in [4.69, 9.17) is 0 Å². The minimum Gasteiger partial charge on any atom is -0.465 e. The Hall–Kier alpha value is -1.46. The lowest BCUT2D eigenvalue weighted by atomic mass is 10.1. The van der Waals surface area contributed by atoms with Crippen molar-refractivity contribution in [3.05, 3.63) is 29.6 Å². The van der Waals surface area contributed by atoms with Crippen molar-refractivity contribution in [2.24, 2.45) is 5.92 Å². The van der Waals surface area contributed by atoms with E-state index in [0.29, 0.717) is 11.5 Å². The zero-order valence-electron chi connectivity index (χ0n) is 13.0. The molecule has 5 nitrogen and oxygen atoms in total. The molecule has 0 aromatic carbocycles. The Kier molecular flexibility index (Phi) is 6.14. The molecule has 1 atom stereocenters. The number of hydrogen-bond acceptors (Lipinski definition) is 5. The molecule has 2 heterocycles. The maximum Gasteiger partial charge on any atom is 0.339 e. The highest BCUT2D eigenvalue weighted by molar-refractivity contribution is 5.88. The van der Waals surface area contributed by atoms with Gasteiger partial charge in [0.2, 0.25) is 0 Å². The molecule has 2 rings (SSSR count). The highest BCUT2D eigenvalue weighted by atomic mass is 16.5. The average molecular weight is 291 g/mol. The van der Waals surface area contributed by atoms with Crippen LogP contribution in [0, 0.1) is 5.92 Å². The summed E-state index contributed by atoms with van der Waals surface area (Å²) in [6, 6.07) is 3.62. The van der Waals surface area contributed by atoms with Crippen LogP contribution in [-0.2, 0) is 11.3 Å². The van der Waals surface area contributed by atoms with Gasteiger partial charge in [-0.1, -0.05) is 6.92 Å². The fourth-order valence-electron chi connectivity index (χ4n) is 2.68. The summed E-state index contributed by atoms with van der Waals surface area (Å²) in [6.45, 7) is 7.66. The molecule has 1 aromatic heterocycles. The number of carbonyl (C=O) groups is 1. The molecular weight excluding hydrogens is 266 g/mol. The van der Waals surface area contributed by atoms with Crippen LogP contribution in [-0.4, -0.2) is 49.1 Å². The number of carbonyl (C=O) groups excluding carboxylic acids is 1. The Balaban J connectivity index is 1.69. The van der Waals surface area contributed by atoms with Gasteiger partial charge in [0.1, 0.15) is 0 Å². The number of rotatable bonds is 7. The molecule has 0 radical (unpaired) electrons. The van der Waals surface area contributed by atoms with Crippen LogP contribution in [0.4, 0.5) is 0 Å². The molecule has 0 aliphatic carbocycles. The van der Waals surface area contributed by atoms with E-state index in [1.54, 1.807) is 12.3 Å². The standard InChI is InChI=1S/C16H25N3O2/c1-13(12-19-7-3-4-8-19)9-17-11-15-6-5-14(10-18-15)16(20)21-2/h5-6,10,13,17H,3-4,7-9,11-12H2,1-2H3. The van der Waals surface area contributed by atoms with Crippen molar-refractivity contribution < 1.29 is 9.53 Å². The van der Waals surface area contributed by atoms with Crippen LogP contribution in [0.5, 0.6) is 0 Å². The summed E-state index contributed by atoms with van der Waals surface area (Å²) in [4.78, 5) is 18.1. The van der Waals surface area contributed by atoms with Crippen molar-refractivity contribution in [1.82, 2.24) is 15.2 Å². The average Bonchev–Trinajstić information content (AvgIpc) is 3.00. The molecule has 21 heavy (non-hydrogen) atoms. The minimum absolute atomic E-state index is 0.346. The molecule has 5 heteroatoms. The Morgan fingerprint density at radius 2 is 2.19 bits per heavy atom. The molecule has 1 aliphatic rings. The number of esters is 1. The lowest BCUT2D eigenvalue weighted by molar-refractivity contribution is 0.0600. The van der Waals surface area contributed by atoms with Gasteiger partial charge in [-0.3, -0.25) is 4.98 Å². The van der Waals surface area contributed by atoms with E-state index in [1.807, 2.05) is 6.07 Å². The fraction of sp³-hybridized carbons (Fsp3) is 0.625. The monoisotopic (exact) mass is 291 g/mol. The lowest BCUT2D eigenvalue weighted by Gasteiger charge is -2.20. The van der Waals surface area contributed by atoms with Gasteiger partial charge in [0.15, 0.2) is 0 Å². The van der Waals surface area contributed by atoms with Crippen LogP contribution in [0.2, 0.25) is 0 Å². The maximum absolute atomic E-state index is 11.3. The molecule has 1 saturated heterocycles. The van der Waals surface area contributed by atoms with Crippen LogP contribution in [0.1, 0.15) is 35.8 Å². The minimum atomic E-state index is -0.346. The van der Waals surface area contributed by atoms with Crippen molar-refractivity contribution in [3.8, 4) is 0 Å². The number of pyridine rings is 1. The zero-order valence-corrected chi connectivity index (χ0v) is 13.0. The van der Waals surface area contributed by atoms with Crippen LogP contribution < -0.4 is 5.32 Å². The topological polar surface area (TPSA) is 54.5 Å². The second kappa shape index (κ2) is 8.10. The van der Waals surface area contributed by atoms with Crippen LogP contribution in [0.3, 0.4) is 0 Å². The first-order valence-corrected chi connectivity index (χ1v) is 7.65.